The van der Waals surface area contributed by atoms with Crippen molar-refractivity contribution in [1.82, 2.24) is 4.90 Å². The van der Waals surface area contributed by atoms with Crippen LogP contribution in [0.25, 0.3) is 0 Å². The minimum Gasteiger partial charge on any atom is -0.481 e. The van der Waals surface area contributed by atoms with Gasteiger partial charge in [-0.25, -0.2) is 0 Å². The Bertz CT molecular complexity index is 310. The van der Waals surface area contributed by atoms with Crippen LogP contribution in [-0.4, -0.2) is 34.5 Å². The molecule has 0 bridgehead atoms. The summed E-state index contributed by atoms with van der Waals surface area (Å²) in [7, 11) is 0. The molecule has 2 unspecified atom stereocenters. The highest BCUT2D eigenvalue weighted by atomic mass is 16.4. The topological polar surface area (TPSA) is 57.6 Å². The number of carbonyl (C=O) groups excluding carboxylic acids is 1. The molecule has 1 rings (SSSR count). The maximum Gasteiger partial charge on any atom is 0.307 e. The van der Waals surface area contributed by atoms with E-state index in [1.54, 1.807) is 0 Å². The summed E-state index contributed by atoms with van der Waals surface area (Å²) in [6.45, 7) is 9.06. The van der Waals surface area contributed by atoms with Gasteiger partial charge in [0.1, 0.15) is 0 Å². The quantitative estimate of drug-likeness (QED) is 0.760. The second-order valence-electron chi connectivity index (χ2n) is 5.64. The van der Waals surface area contributed by atoms with Gasteiger partial charge < -0.3 is 10.0 Å². The lowest BCUT2D eigenvalue weighted by Gasteiger charge is -2.32. The molecule has 0 aromatic heterocycles. The van der Waals surface area contributed by atoms with Gasteiger partial charge in [-0.3, -0.25) is 9.59 Å². The van der Waals surface area contributed by atoms with E-state index in [0.717, 1.165) is 19.4 Å². The van der Waals surface area contributed by atoms with E-state index in [9.17, 15) is 9.59 Å². The van der Waals surface area contributed by atoms with E-state index in [-0.39, 0.29) is 17.9 Å². The Morgan fingerprint density at radius 3 is 2.11 bits per heavy atom. The fourth-order valence-corrected chi connectivity index (χ4v) is 2.50. The molecule has 4 nitrogen and oxygen atoms in total. The molecule has 0 spiro atoms. The van der Waals surface area contributed by atoms with Gasteiger partial charge in [-0.1, -0.05) is 27.7 Å². The SMILES string of the molecule is CCC(CC)N(CC(C)C)C(=O)C1CC1C(=O)O. The van der Waals surface area contributed by atoms with Crippen molar-refractivity contribution in [2.75, 3.05) is 6.54 Å². The van der Waals surface area contributed by atoms with Crippen molar-refractivity contribution in [2.45, 2.75) is 53.0 Å². The van der Waals surface area contributed by atoms with Gasteiger partial charge in [0.05, 0.1) is 11.8 Å². The Morgan fingerprint density at radius 1 is 1.22 bits per heavy atom. The first-order valence-electron chi connectivity index (χ1n) is 6.95. The second-order valence-corrected chi connectivity index (χ2v) is 5.64. The molecule has 1 N–H and O–H groups in total. The average Bonchev–Trinajstić information content (AvgIpc) is 3.07. The third kappa shape index (κ3) is 3.47. The first-order chi connectivity index (χ1) is 8.42. The van der Waals surface area contributed by atoms with E-state index in [1.807, 2.05) is 4.90 Å². The van der Waals surface area contributed by atoms with Gasteiger partial charge in [-0.05, 0) is 25.2 Å². The summed E-state index contributed by atoms with van der Waals surface area (Å²) in [6.07, 6.45) is 2.38. The maximum atomic E-state index is 12.4. The van der Waals surface area contributed by atoms with Crippen molar-refractivity contribution in [2.24, 2.45) is 17.8 Å². The smallest absolute Gasteiger partial charge is 0.307 e. The van der Waals surface area contributed by atoms with E-state index in [4.69, 9.17) is 5.11 Å². The van der Waals surface area contributed by atoms with Crippen molar-refractivity contribution in [3.8, 4) is 0 Å². The zero-order chi connectivity index (χ0) is 13.9. The van der Waals surface area contributed by atoms with Crippen LogP contribution in [0, 0.1) is 17.8 Å². The number of carbonyl (C=O) groups is 2. The van der Waals surface area contributed by atoms with Crippen LogP contribution in [0.5, 0.6) is 0 Å². The standard InChI is InChI=1S/C14H25NO3/c1-5-10(6-2)15(8-9(3)4)13(16)11-7-12(11)14(17)18/h9-12H,5-8H2,1-4H3,(H,17,18). The highest BCUT2D eigenvalue weighted by molar-refractivity contribution is 5.89. The lowest BCUT2D eigenvalue weighted by atomic mass is 10.1. The first-order valence-corrected chi connectivity index (χ1v) is 6.95. The van der Waals surface area contributed by atoms with Crippen molar-refractivity contribution in [1.29, 1.82) is 0 Å². The Morgan fingerprint density at radius 2 is 1.78 bits per heavy atom. The molecule has 0 aromatic rings. The molecule has 1 aliphatic rings. The molecule has 1 aliphatic carbocycles. The predicted octanol–water partition coefficient (Wildman–Crippen LogP) is 2.38. The molecule has 104 valence electrons. The van der Waals surface area contributed by atoms with Crippen LogP contribution in [0.1, 0.15) is 47.0 Å². The average molecular weight is 255 g/mol. The van der Waals surface area contributed by atoms with E-state index in [0.29, 0.717) is 12.3 Å². The fraction of sp³-hybridized carbons (Fsp3) is 0.857. The van der Waals surface area contributed by atoms with Gasteiger partial charge in [0.25, 0.3) is 0 Å². The number of nitrogens with zero attached hydrogens (tertiary/aromatic N) is 1. The predicted molar refractivity (Wildman–Crippen MR) is 70.2 cm³/mol. The fourth-order valence-electron chi connectivity index (χ4n) is 2.50. The van der Waals surface area contributed by atoms with E-state index < -0.39 is 11.9 Å². The molecule has 18 heavy (non-hydrogen) atoms. The first kappa shape index (κ1) is 15.0. The second kappa shape index (κ2) is 6.21. The Labute approximate surface area is 109 Å². The van der Waals surface area contributed by atoms with Crippen LogP contribution >= 0.6 is 0 Å². The number of hydrogen-bond acceptors (Lipinski definition) is 2. The Balaban J connectivity index is 2.71. The summed E-state index contributed by atoms with van der Waals surface area (Å²) in [4.78, 5) is 25.2. The maximum absolute atomic E-state index is 12.4. The zero-order valence-corrected chi connectivity index (χ0v) is 11.8. The number of carboxylic acid groups (broad SMARTS) is 1. The molecule has 0 aliphatic heterocycles. The zero-order valence-electron chi connectivity index (χ0n) is 11.8. The molecule has 4 heteroatoms. The molecule has 0 heterocycles. The van der Waals surface area contributed by atoms with Crippen LogP contribution < -0.4 is 0 Å². The van der Waals surface area contributed by atoms with Crippen molar-refractivity contribution in [3.63, 3.8) is 0 Å². The van der Waals surface area contributed by atoms with Crippen LogP contribution in [0.3, 0.4) is 0 Å². The van der Waals surface area contributed by atoms with Crippen LogP contribution in [0.2, 0.25) is 0 Å². The molecule has 0 aromatic carbocycles. The van der Waals surface area contributed by atoms with Gasteiger partial charge in [-0.15, -0.1) is 0 Å². The van der Waals surface area contributed by atoms with E-state index >= 15 is 0 Å². The summed E-state index contributed by atoms with van der Waals surface area (Å²) >= 11 is 0. The number of amides is 1. The molecular formula is C14H25NO3. The number of carboxylic acids is 1. The third-order valence-electron chi connectivity index (χ3n) is 3.65. The minimum atomic E-state index is -0.831. The minimum absolute atomic E-state index is 0.0461. The van der Waals surface area contributed by atoms with E-state index in [2.05, 4.69) is 27.7 Å². The summed E-state index contributed by atoms with van der Waals surface area (Å²) in [6, 6.07) is 0.245. The van der Waals surface area contributed by atoms with Gasteiger partial charge in [0.2, 0.25) is 5.91 Å². The van der Waals surface area contributed by atoms with Crippen molar-refractivity contribution < 1.29 is 14.7 Å². The van der Waals surface area contributed by atoms with E-state index in [1.165, 1.54) is 0 Å². The van der Waals surface area contributed by atoms with Gasteiger partial charge in [0.15, 0.2) is 0 Å². The number of rotatable bonds is 7. The van der Waals surface area contributed by atoms with Crippen LogP contribution in [-0.2, 0) is 9.59 Å². The van der Waals surface area contributed by atoms with Gasteiger partial charge in [-0.2, -0.15) is 0 Å². The molecule has 0 radical (unpaired) electrons. The van der Waals surface area contributed by atoms with Crippen molar-refractivity contribution in [3.05, 3.63) is 0 Å². The normalized spacial score (nSPS) is 22.3. The van der Waals surface area contributed by atoms with Crippen molar-refractivity contribution >= 4 is 11.9 Å². The lowest BCUT2D eigenvalue weighted by Crippen LogP contribution is -2.43. The van der Waals surface area contributed by atoms with Gasteiger partial charge in [0, 0.05) is 12.6 Å². The summed E-state index contributed by atoms with van der Waals surface area (Å²) in [5, 5.41) is 8.92. The number of hydrogen-bond donors (Lipinski definition) is 1. The molecular weight excluding hydrogens is 230 g/mol. The molecule has 1 amide bonds. The molecule has 1 fully saturated rings. The molecule has 1 saturated carbocycles. The lowest BCUT2D eigenvalue weighted by molar-refractivity contribution is -0.143. The highest BCUT2D eigenvalue weighted by Gasteiger charge is 2.50. The molecule has 2 atom stereocenters. The van der Waals surface area contributed by atoms with Crippen LogP contribution in [0.15, 0.2) is 0 Å². The number of aliphatic carboxylic acids is 1. The Hall–Kier alpha value is -1.06. The summed E-state index contributed by atoms with van der Waals surface area (Å²) in [5.74, 6) is -1.09. The van der Waals surface area contributed by atoms with Gasteiger partial charge >= 0.3 is 5.97 Å². The summed E-state index contributed by atoms with van der Waals surface area (Å²) < 4.78 is 0. The Kier molecular flexibility index (Phi) is 5.17. The van der Waals surface area contributed by atoms with Crippen LogP contribution in [0.4, 0.5) is 0 Å². The monoisotopic (exact) mass is 255 g/mol. The highest BCUT2D eigenvalue weighted by Crippen LogP contribution is 2.40. The molecule has 0 saturated heterocycles. The summed E-state index contributed by atoms with van der Waals surface area (Å²) in [5.41, 5.74) is 0. The largest absolute Gasteiger partial charge is 0.481 e. The third-order valence-corrected chi connectivity index (χ3v) is 3.65.